The molecule has 0 heterocycles. The number of aliphatic hydroxyl groups is 1. The predicted octanol–water partition coefficient (Wildman–Crippen LogP) is 0.969. The van der Waals surface area contributed by atoms with Gasteiger partial charge in [0.25, 0.3) is 3.79 Å². The Labute approximate surface area is 120 Å². The Morgan fingerprint density at radius 2 is 1.50 bits per heavy atom. The zero-order valence-electron chi connectivity index (χ0n) is 10.2. The van der Waals surface area contributed by atoms with Crippen molar-refractivity contribution in [2.45, 2.75) is 16.3 Å². The van der Waals surface area contributed by atoms with Crippen LogP contribution in [-0.2, 0) is 9.59 Å². The molecule has 9 heteroatoms. The topological polar surface area (TPSA) is 94.8 Å². The van der Waals surface area contributed by atoms with Gasteiger partial charge in [-0.3, -0.25) is 4.79 Å². The molecule has 108 valence electrons. The van der Waals surface area contributed by atoms with Crippen molar-refractivity contribution in [3.8, 4) is 0 Å². The summed E-state index contributed by atoms with van der Waals surface area (Å²) in [5.74, 6) is -2.41. The van der Waals surface area contributed by atoms with Gasteiger partial charge in [0.15, 0.2) is 0 Å². The molecule has 0 amide bonds. The summed E-state index contributed by atoms with van der Waals surface area (Å²) in [4.78, 5) is 19.8. The average Bonchev–Trinajstić information content (AvgIpc) is 1.96. The number of aliphatic hydroxyl groups excluding tert-OH is 1. The smallest absolute Gasteiger partial charge is 0.356 e. The SMILES string of the molecule is C[N+](C)(C)C[C@@H](O)CC(=O)O.O=C(O)C(Cl)(Cl)Cl. The summed E-state index contributed by atoms with van der Waals surface area (Å²) < 4.78 is -1.59. The second-order valence-electron chi connectivity index (χ2n) is 4.53. The summed E-state index contributed by atoms with van der Waals surface area (Å²) in [6.45, 7) is 0.465. The van der Waals surface area contributed by atoms with E-state index in [9.17, 15) is 9.59 Å². The Kier molecular flexibility index (Phi) is 8.93. The van der Waals surface area contributed by atoms with Crippen molar-refractivity contribution >= 4 is 46.7 Å². The molecule has 0 saturated carbocycles. The number of carboxylic acids is 2. The molecule has 0 aliphatic carbocycles. The second-order valence-corrected chi connectivity index (χ2v) is 6.81. The minimum absolute atomic E-state index is 0.171. The van der Waals surface area contributed by atoms with Crippen LogP contribution in [0.25, 0.3) is 0 Å². The van der Waals surface area contributed by atoms with Gasteiger partial charge in [0.2, 0.25) is 0 Å². The van der Waals surface area contributed by atoms with Gasteiger partial charge in [-0.15, -0.1) is 0 Å². The summed E-state index contributed by atoms with van der Waals surface area (Å²) in [5.41, 5.74) is 0. The van der Waals surface area contributed by atoms with Gasteiger partial charge in [0.05, 0.1) is 27.6 Å². The lowest BCUT2D eigenvalue weighted by molar-refractivity contribution is -0.873. The first-order chi connectivity index (χ1) is 7.75. The largest absolute Gasteiger partial charge is 0.481 e. The molecule has 3 N–H and O–H groups in total. The molecule has 0 aromatic rings. The third kappa shape index (κ3) is 15.7. The minimum atomic E-state index is -2.17. The molecule has 0 spiro atoms. The molecule has 1 atom stereocenters. The molecule has 0 aromatic heterocycles. The van der Waals surface area contributed by atoms with Crippen molar-refractivity contribution in [1.29, 1.82) is 0 Å². The number of rotatable bonds is 4. The van der Waals surface area contributed by atoms with Crippen LogP contribution in [0.5, 0.6) is 0 Å². The second kappa shape index (κ2) is 8.01. The zero-order chi connectivity index (χ0) is 15.1. The van der Waals surface area contributed by atoms with E-state index in [0.29, 0.717) is 11.0 Å². The van der Waals surface area contributed by atoms with Gasteiger partial charge in [-0.2, -0.15) is 0 Å². The quantitative estimate of drug-likeness (QED) is 0.529. The molecule has 0 bridgehead atoms. The number of hydrogen-bond acceptors (Lipinski definition) is 3. The first kappa shape index (κ1) is 20.1. The molecule has 0 aromatic carbocycles. The van der Waals surface area contributed by atoms with Crippen molar-refractivity contribution in [3.05, 3.63) is 0 Å². The van der Waals surface area contributed by atoms with E-state index in [1.807, 2.05) is 21.1 Å². The number of aliphatic carboxylic acids is 2. The maximum atomic E-state index is 10.1. The summed E-state index contributed by atoms with van der Waals surface area (Å²) in [7, 11) is 5.72. The fourth-order valence-electron chi connectivity index (χ4n) is 0.898. The van der Waals surface area contributed by atoms with Crippen molar-refractivity contribution in [2.24, 2.45) is 0 Å². The van der Waals surface area contributed by atoms with Crippen molar-refractivity contribution < 1.29 is 29.4 Å². The average molecular weight is 326 g/mol. The van der Waals surface area contributed by atoms with Crippen LogP contribution in [0, 0.1) is 0 Å². The zero-order valence-corrected chi connectivity index (χ0v) is 12.5. The van der Waals surface area contributed by atoms with Gasteiger partial charge in [-0.05, 0) is 0 Å². The third-order valence-corrected chi connectivity index (χ3v) is 1.90. The molecular formula is C9H17Cl3NO5+. The van der Waals surface area contributed by atoms with E-state index in [1.54, 1.807) is 0 Å². The van der Waals surface area contributed by atoms with Crippen molar-refractivity contribution in [1.82, 2.24) is 0 Å². The Bertz CT molecular complexity index is 285. The lowest BCUT2D eigenvalue weighted by atomic mass is 10.2. The van der Waals surface area contributed by atoms with Crippen molar-refractivity contribution in [2.75, 3.05) is 27.7 Å². The van der Waals surface area contributed by atoms with Crippen LogP contribution >= 0.6 is 34.8 Å². The molecule has 6 nitrogen and oxygen atoms in total. The molecule has 0 rings (SSSR count). The summed E-state index contributed by atoms with van der Waals surface area (Å²) in [6, 6.07) is 0. The highest BCUT2D eigenvalue weighted by Gasteiger charge is 2.29. The van der Waals surface area contributed by atoms with Gasteiger partial charge in [-0.1, -0.05) is 34.8 Å². The van der Waals surface area contributed by atoms with Crippen LogP contribution in [0.15, 0.2) is 0 Å². The highest BCUT2D eigenvalue weighted by atomic mass is 35.6. The Morgan fingerprint density at radius 3 is 1.67 bits per heavy atom. The number of halogens is 3. The molecule has 0 radical (unpaired) electrons. The minimum Gasteiger partial charge on any atom is -0.481 e. The van der Waals surface area contributed by atoms with E-state index < -0.39 is 21.8 Å². The van der Waals surface area contributed by atoms with Gasteiger partial charge in [0, 0.05) is 0 Å². The normalized spacial score (nSPS) is 13.3. The Balaban J connectivity index is 0. The highest BCUT2D eigenvalue weighted by molar-refractivity contribution is 6.75. The number of carbonyl (C=O) groups is 2. The first-order valence-electron chi connectivity index (χ1n) is 4.76. The molecule has 18 heavy (non-hydrogen) atoms. The number of alkyl halides is 3. The monoisotopic (exact) mass is 324 g/mol. The van der Waals surface area contributed by atoms with Crippen LogP contribution in [0.4, 0.5) is 0 Å². The number of hydrogen-bond donors (Lipinski definition) is 3. The van der Waals surface area contributed by atoms with Crippen LogP contribution in [0.3, 0.4) is 0 Å². The van der Waals surface area contributed by atoms with E-state index in [4.69, 9.17) is 50.1 Å². The molecular weight excluding hydrogens is 308 g/mol. The van der Waals surface area contributed by atoms with Crippen LogP contribution in [-0.4, -0.2) is 69.3 Å². The third-order valence-electron chi connectivity index (χ3n) is 1.41. The van der Waals surface area contributed by atoms with E-state index in [-0.39, 0.29) is 6.42 Å². The lowest BCUT2D eigenvalue weighted by Crippen LogP contribution is -2.42. The number of carboxylic acid groups (broad SMARTS) is 2. The van der Waals surface area contributed by atoms with Gasteiger partial charge >= 0.3 is 11.9 Å². The maximum absolute atomic E-state index is 10.1. The molecule has 0 aliphatic heterocycles. The van der Waals surface area contributed by atoms with Crippen LogP contribution in [0.2, 0.25) is 0 Å². The number of quaternary nitrogens is 1. The maximum Gasteiger partial charge on any atom is 0.356 e. The fraction of sp³-hybridized carbons (Fsp3) is 0.778. The lowest BCUT2D eigenvalue weighted by Gasteiger charge is -2.25. The van der Waals surface area contributed by atoms with Gasteiger partial charge < -0.3 is 19.8 Å². The van der Waals surface area contributed by atoms with E-state index >= 15 is 0 Å². The first-order valence-corrected chi connectivity index (χ1v) is 5.89. The highest BCUT2D eigenvalue weighted by Crippen LogP contribution is 2.25. The van der Waals surface area contributed by atoms with Crippen molar-refractivity contribution in [3.63, 3.8) is 0 Å². The summed E-state index contributed by atoms with van der Waals surface area (Å²) in [5, 5.41) is 25.3. The summed E-state index contributed by atoms with van der Waals surface area (Å²) >= 11 is 14.4. The van der Waals surface area contributed by atoms with Crippen LogP contribution in [0.1, 0.15) is 6.42 Å². The molecule has 0 fully saturated rings. The van der Waals surface area contributed by atoms with E-state index in [1.165, 1.54) is 0 Å². The standard InChI is InChI=1S/C7H15NO3.C2HCl3O2/c1-8(2,3)5-6(9)4-7(10)11;3-2(4,5)1(6)7/h6,9H,4-5H2,1-3H3;(H,6,7)/p+1/t6-;/m0./s1. The summed E-state index contributed by atoms with van der Waals surface area (Å²) in [6.07, 6.45) is -0.914. The Hall–Kier alpha value is -0.270. The Morgan fingerprint density at radius 1 is 1.17 bits per heavy atom. The van der Waals surface area contributed by atoms with E-state index in [2.05, 4.69) is 0 Å². The fourth-order valence-corrected chi connectivity index (χ4v) is 0.898. The number of nitrogens with zero attached hydrogens (tertiary/aromatic N) is 1. The van der Waals surface area contributed by atoms with Gasteiger partial charge in [-0.25, -0.2) is 4.79 Å². The molecule has 0 unspecified atom stereocenters. The number of likely N-dealkylation sites (N-methyl/N-ethyl adjacent to an activating group) is 1. The molecule has 0 aliphatic rings. The van der Waals surface area contributed by atoms with Crippen LogP contribution < -0.4 is 0 Å². The van der Waals surface area contributed by atoms with E-state index in [0.717, 1.165) is 0 Å². The predicted molar refractivity (Wildman–Crippen MR) is 69.1 cm³/mol. The molecule has 0 saturated heterocycles. The van der Waals surface area contributed by atoms with Gasteiger partial charge in [0.1, 0.15) is 12.6 Å².